The van der Waals surface area contributed by atoms with E-state index >= 15 is 0 Å². The molecule has 4 aromatic heterocycles. The molecule has 15 nitrogen and oxygen atoms in total. The summed E-state index contributed by atoms with van der Waals surface area (Å²) >= 11 is 0. The first-order chi connectivity index (χ1) is 23.2. The van der Waals surface area contributed by atoms with Gasteiger partial charge < -0.3 is 45.2 Å². The fraction of sp³-hybridized carbons (Fsp3) is 0.588. The molecule has 0 unspecified atom stereocenters. The van der Waals surface area contributed by atoms with Crippen LogP contribution in [0.3, 0.4) is 0 Å². The fourth-order valence-corrected chi connectivity index (χ4v) is 8.23. The number of nitrogen functional groups attached to an aromatic ring is 1. The van der Waals surface area contributed by atoms with E-state index in [0.717, 1.165) is 12.3 Å². The number of fused-ring (bicyclic) bond motifs is 2. The molecule has 17 heteroatoms. The average molecular weight is 752 g/mol. The lowest BCUT2D eigenvalue weighted by atomic mass is 10.1. The molecular weight excluding hydrogens is 696 g/mol. The van der Waals surface area contributed by atoms with Crippen LogP contribution in [0.15, 0.2) is 27.9 Å². The standard InChI is InChI=1S/C17H26N3O4P.C16H25N4O4P.CH4/c1-10-18-15-11(16(23)19(10)2)6-8-20(15)17-14(22)13(21)12(24-17)7-9-25(3,4)5;1-8-18-14-9(15(23)19-8)7-11(17)20(14)16-13(22)12(21)10(24-16)5-6-25(2,3)4;/h6,8,12-14,17,21-22H,3,7,9H2,1-2,4-5H3;7,10,12-13,16,21-22H,2,5-6,17H2,1,3-4H3,(H,18,19,23);1H4/t12-,13-,14-,17-;10-,12-,13-,16-;/m11./s1. The van der Waals surface area contributed by atoms with Gasteiger partial charge in [-0.15, -0.1) is 26.4 Å². The van der Waals surface area contributed by atoms with E-state index in [-0.39, 0.29) is 24.4 Å². The second-order valence-electron chi connectivity index (χ2n) is 14.8. The van der Waals surface area contributed by atoms with Crippen molar-refractivity contribution in [3.05, 3.63) is 50.7 Å². The largest absolute Gasteiger partial charge is 0.388 e. The summed E-state index contributed by atoms with van der Waals surface area (Å²) in [7, 11) is 1.67. The summed E-state index contributed by atoms with van der Waals surface area (Å²) in [6.07, 6.45) is 6.12. The predicted molar refractivity (Wildman–Crippen MR) is 209 cm³/mol. The number of aryl methyl sites for hydroxylation is 2. The third kappa shape index (κ3) is 8.47. The van der Waals surface area contributed by atoms with Crippen molar-refractivity contribution in [2.24, 2.45) is 7.05 Å². The molecule has 7 N–H and O–H groups in total. The Labute approximate surface area is 298 Å². The number of aliphatic hydroxyl groups excluding tert-OH is 4. The highest BCUT2D eigenvalue weighted by molar-refractivity contribution is 7.72. The molecule has 51 heavy (non-hydrogen) atoms. The number of hydrogen-bond acceptors (Lipinski definition) is 11. The number of nitrogens with zero attached hydrogens (tertiary/aromatic N) is 5. The molecule has 284 valence electrons. The van der Waals surface area contributed by atoms with E-state index < -0.39 is 62.9 Å². The van der Waals surface area contributed by atoms with Crippen LogP contribution >= 0.6 is 13.8 Å². The van der Waals surface area contributed by atoms with Crippen LogP contribution in [0.1, 0.15) is 44.4 Å². The van der Waals surface area contributed by atoms with Crippen LogP contribution in [0.25, 0.3) is 22.1 Å². The van der Waals surface area contributed by atoms with Gasteiger partial charge >= 0.3 is 0 Å². The molecule has 0 radical (unpaired) electrons. The van der Waals surface area contributed by atoms with Crippen molar-refractivity contribution in [1.82, 2.24) is 28.7 Å². The van der Waals surface area contributed by atoms with Crippen LogP contribution in [-0.2, 0) is 16.5 Å². The SMILES string of the molecule is C.C=P(C)(C)CC[C@H]1O[C@@H](n2c(N)cc3c(=O)[nH]c(C)nc32)[C@H](O)[C@@H]1O.C=P(C)(C)CC[C@H]1O[C@@H](n2ccc3c(=O)n(C)c(C)nc32)[C@H](O)[C@@H]1O. The lowest BCUT2D eigenvalue weighted by Gasteiger charge is -2.19. The summed E-state index contributed by atoms with van der Waals surface area (Å²) in [5.41, 5.74) is 6.39. The smallest absolute Gasteiger partial charge is 0.262 e. The number of aromatic nitrogens is 6. The van der Waals surface area contributed by atoms with E-state index in [1.165, 1.54) is 15.2 Å². The quantitative estimate of drug-likeness (QED) is 0.143. The van der Waals surface area contributed by atoms with E-state index in [9.17, 15) is 30.0 Å². The number of nitrogens with one attached hydrogen (secondary N) is 1. The van der Waals surface area contributed by atoms with Gasteiger partial charge in [0.05, 0.1) is 23.0 Å². The van der Waals surface area contributed by atoms with Gasteiger partial charge in [-0.1, -0.05) is 7.43 Å². The van der Waals surface area contributed by atoms with Gasteiger partial charge in [0.2, 0.25) is 0 Å². The normalized spacial score (nSPS) is 26.7. The van der Waals surface area contributed by atoms with Crippen LogP contribution < -0.4 is 16.9 Å². The number of anilines is 1. The highest BCUT2D eigenvalue weighted by Gasteiger charge is 2.45. The third-order valence-corrected chi connectivity index (χ3v) is 12.2. The summed E-state index contributed by atoms with van der Waals surface area (Å²) in [6, 6.07) is 3.17. The van der Waals surface area contributed by atoms with E-state index in [2.05, 4.69) is 54.2 Å². The van der Waals surface area contributed by atoms with E-state index in [1.54, 1.807) is 37.7 Å². The van der Waals surface area contributed by atoms with Crippen molar-refractivity contribution in [2.45, 2.75) is 83.2 Å². The highest BCUT2D eigenvalue weighted by atomic mass is 31.2. The first-order valence-corrected chi connectivity index (χ1v) is 22.6. The molecule has 0 aromatic carbocycles. The molecule has 0 bridgehead atoms. The Morgan fingerprint density at radius 3 is 1.94 bits per heavy atom. The summed E-state index contributed by atoms with van der Waals surface area (Å²) < 4.78 is 16.5. The predicted octanol–water partition coefficient (Wildman–Crippen LogP) is 1.73. The summed E-state index contributed by atoms with van der Waals surface area (Å²) in [6.45, 7) is 9.39. The first-order valence-electron chi connectivity index (χ1n) is 16.5. The van der Waals surface area contributed by atoms with Crippen LogP contribution in [-0.4, -0.2) is 137 Å². The first kappa shape index (κ1) is 40.8. The monoisotopic (exact) mass is 751 g/mol. The lowest BCUT2D eigenvalue weighted by Crippen LogP contribution is -2.32. The minimum Gasteiger partial charge on any atom is -0.388 e. The van der Waals surface area contributed by atoms with Gasteiger partial charge in [-0.2, -0.15) is 0 Å². The van der Waals surface area contributed by atoms with Crippen LogP contribution in [0.2, 0.25) is 0 Å². The molecule has 2 saturated heterocycles. The second-order valence-corrected chi connectivity index (χ2v) is 23.4. The zero-order chi connectivity index (χ0) is 37.0. The molecule has 4 aromatic rings. The molecular formula is C34H55N7O8P2. The third-order valence-electron chi connectivity index (χ3n) is 9.27. The van der Waals surface area contributed by atoms with Gasteiger partial charge in [0.15, 0.2) is 18.1 Å². The van der Waals surface area contributed by atoms with Crippen LogP contribution in [0, 0.1) is 13.8 Å². The Bertz CT molecular complexity index is 2090. The fourth-order valence-electron chi connectivity index (χ4n) is 6.32. The highest BCUT2D eigenvalue weighted by Crippen LogP contribution is 2.41. The summed E-state index contributed by atoms with van der Waals surface area (Å²) in [4.78, 5) is 35.8. The van der Waals surface area contributed by atoms with Gasteiger partial charge in [0.1, 0.15) is 47.5 Å². The number of hydrogen-bond donors (Lipinski definition) is 6. The number of rotatable bonds is 8. The summed E-state index contributed by atoms with van der Waals surface area (Å²) in [5.74, 6) is 1.26. The van der Waals surface area contributed by atoms with Gasteiger partial charge in [-0.25, -0.2) is 9.97 Å². The molecule has 0 aliphatic carbocycles. The van der Waals surface area contributed by atoms with Crippen molar-refractivity contribution >= 4 is 54.3 Å². The lowest BCUT2D eigenvalue weighted by molar-refractivity contribution is -0.0350. The Morgan fingerprint density at radius 2 is 1.39 bits per heavy atom. The number of ether oxygens (including phenoxy) is 2. The molecule has 6 rings (SSSR count). The van der Waals surface area contributed by atoms with Gasteiger partial charge in [-0.3, -0.25) is 18.7 Å². The van der Waals surface area contributed by atoms with Crippen molar-refractivity contribution in [1.29, 1.82) is 0 Å². The molecule has 2 aliphatic rings. The number of aromatic amines is 1. The maximum atomic E-state index is 12.4. The number of nitrogens with two attached hydrogens (primary N) is 1. The summed E-state index contributed by atoms with van der Waals surface area (Å²) in [5, 5.41) is 42.5. The Hall–Kier alpha value is -3.00. The zero-order valence-corrected chi connectivity index (χ0v) is 31.5. The van der Waals surface area contributed by atoms with Crippen LogP contribution in [0.4, 0.5) is 5.82 Å². The second kappa shape index (κ2) is 15.2. The minimum atomic E-state index is -1.27. The molecule has 2 fully saturated rings. The Morgan fingerprint density at radius 1 is 0.863 bits per heavy atom. The van der Waals surface area contributed by atoms with E-state index in [4.69, 9.17) is 15.2 Å². The molecule has 2 aliphatic heterocycles. The molecule has 8 atom stereocenters. The maximum Gasteiger partial charge on any atom is 0.262 e. The van der Waals surface area contributed by atoms with Gasteiger partial charge in [-0.05, 0) is 77.8 Å². The van der Waals surface area contributed by atoms with Crippen molar-refractivity contribution in [2.75, 3.05) is 44.7 Å². The molecule has 0 amide bonds. The topological polar surface area (TPSA) is 216 Å². The van der Waals surface area contributed by atoms with Gasteiger partial charge in [0.25, 0.3) is 11.1 Å². The number of aliphatic hydroxyl groups is 4. The molecule has 6 heterocycles. The van der Waals surface area contributed by atoms with Crippen LogP contribution in [0.5, 0.6) is 0 Å². The Balaban J connectivity index is 0.000000224. The van der Waals surface area contributed by atoms with E-state index in [0.29, 0.717) is 46.6 Å². The van der Waals surface area contributed by atoms with E-state index in [1.807, 2.05) is 0 Å². The van der Waals surface area contributed by atoms with Gasteiger partial charge in [0, 0.05) is 13.2 Å². The maximum absolute atomic E-state index is 12.4. The average Bonchev–Trinajstić information content (AvgIpc) is 3.73. The van der Waals surface area contributed by atoms with Crippen molar-refractivity contribution in [3.63, 3.8) is 0 Å². The molecule has 0 saturated carbocycles. The number of H-pyrrole nitrogens is 1. The Kier molecular flexibility index (Phi) is 12.1. The molecule has 0 spiro atoms. The van der Waals surface area contributed by atoms with Crippen molar-refractivity contribution in [3.8, 4) is 0 Å². The van der Waals surface area contributed by atoms with Crippen molar-refractivity contribution < 1.29 is 29.9 Å². The zero-order valence-electron chi connectivity index (χ0n) is 29.7. The minimum absolute atomic E-state index is 0.